The highest BCUT2D eigenvalue weighted by Gasteiger charge is 2.25. The maximum absolute atomic E-state index is 11.6. The molecule has 0 radical (unpaired) electrons. The fraction of sp³-hybridized carbons (Fsp3) is 0.538. The molecule has 0 aromatic carbocycles. The number of pyridine rings is 1. The normalized spacial score (nSPS) is 20.4. The molecule has 1 aliphatic rings. The molecular formula is C13H18N2O2. The third-order valence-electron chi connectivity index (χ3n) is 3.14. The zero-order chi connectivity index (χ0) is 12.3. The molecule has 92 valence electrons. The van der Waals surface area contributed by atoms with E-state index in [0.29, 0.717) is 24.8 Å². The first-order chi connectivity index (χ1) is 8.24. The fourth-order valence-corrected chi connectivity index (χ4v) is 2.17. The molecule has 1 aliphatic heterocycles. The fourth-order valence-electron chi connectivity index (χ4n) is 2.17. The first-order valence-electron chi connectivity index (χ1n) is 6.04. The largest absolute Gasteiger partial charge is 0.377 e. The van der Waals surface area contributed by atoms with E-state index in [4.69, 9.17) is 4.74 Å². The second-order valence-electron chi connectivity index (χ2n) is 4.26. The van der Waals surface area contributed by atoms with E-state index in [1.807, 2.05) is 12.1 Å². The van der Waals surface area contributed by atoms with Crippen LogP contribution in [0.5, 0.6) is 0 Å². The topological polar surface area (TPSA) is 42.4 Å². The van der Waals surface area contributed by atoms with Gasteiger partial charge in [-0.2, -0.15) is 0 Å². The molecule has 2 heterocycles. The van der Waals surface area contributed by atoms with Gasteiger partial charge in [0.25, 0.3) is 0 Å². The van der Waals surface area contributed by atoms with E-state index >= 15 is 0 Å². The minimum absolute atomic E-state index is 0.0643. The summed E-state index contributed by atoms with van der Waals surface area (Å²) in [5.74, 6) is 0.865. The Morgan fingerprint density at radius 1 is 1.65 bits per heavy atom. The number of ether oxygens (including phenoxy) is 1. The van der Waals surface area contributed by atoms with E-state index in [-0.39, 0.29) is 5.78 Å². The van der Waals surface area contributed by atoms with Crippen LogP contribution in [0, 0.1) is 0 Å². The number of carbonyl (C=O) groups excluding carboxylic acids is 1. The van der Waals surface area contributed by atoms with Gasteiger partial charge >= 0.3 is 0 Å². The smallest absolute Gasteiger partial charge is 0.163 e. The van der Waals surface area contributed by atoms with Crippen molar-refractivity contribution >= 4 is 11.6 Å². The van der Waals surface area contributed by atoms with E-state index in [1.165, 1.54) is 0 Å². The van der Waals surface area contributed by atoms with Gasteiger partial charge in [0.1, 0.15) is 5.82 Å². The number of aromatic nitrogens is 1. The van der Waals surface area contributed by atoms with Crippen molar-refractivity contribution in [3.05, 3.63) is 23.9 Å². The molecule has 0 saturated carbocycles. The third kappa shape index (κ3) is 2.47. The molecule has 2 rings (SSSR count). The quantitative estimate of drug-likeness (QED) is 0.749. The molecule has 4 heteroatoms. The number of rotatable bonds is 3. The van der Waals surface area contributed by atoms with Gasteiger partial charge in [-0.05, 0) is 25.5 Å². The highest BCUT2D eigenvalue weighted by Crippen LogP contribution is 2.23. The van der Waals surface area contributed by atoms with Crippen molar-refractivity contribution < 1.29 is 9.53 Å². The Hall–Kier alpha value is -1.42. The van der Waals surface area contributed by atoms with Crippen LogP contribution < -0.4 is 4.90 Å². The summed E-state index contributed by atoms with van der Waals surface area (Å²) in [4.78, 5) is 18.2. The average molecular weight is 234 g/mol. The first kappa shape index (κ1) is 12.0. The second-order valence-corrected chi connectivity index (χ2v) is 4.26. The van der Waals surface area contributed by atoms with Gasteiger partial charge in [-0.25, -0.2) is 4.98 Å². The van der Waals surface area contributed by atoms with Crippen molar-refractivity contribution in [2.75, 3.05) is 24.7 Å². The maximum atomic E-state index is 11.6. The summed E-state index contributed by atoms with van der Waals surface area (Å²) >= 11 is 0. The lowest BCUT2D eigenvalue weighted by atomic mass is 10.1. The molecule has 0 aliphatic carbocycles. The maximum Gasteiger partial charge on any atom is 0.163 e. The summed E-state index contributed by atoms with van der Waals surface area (Å²) in [6.45, 7) is 5.93. The van der Waals surface area contributed by atoms with Crippen molar-refractivity contribution in [3.8, 4) is 0 Å². The van der Waals surface area contributed by atoms with E-state index in [0.717, 1.165) is 18.8 Å². The Labute approximate surface area is 102 Å². The molecule has 1 fully saturated rings. The zero-order valence-electron chi connectivity index (χ0n) is 10.3. The van der Waals surface area contributed by atoms with E-state index < -0.39 is 0 Å². The number of carbonyl (C=O) groups is 1. The monoisotopic (exact) mass is 234 g/mol. The van der Waals surface area contributed by atoms with E-state index in [2.05, 4.69) is 16.8 Å². The van der Waals surface area contributed by atoms with Gasteiger partial charge in [0, 0.05) is 12.7 Å². The van der Waals surface area contributed by atoms with Crippen molar-refractivity contribution in [3.63, 3.8) is 0 Å². The summed E-state index contributed by atoms with van der Waals surface area (Å²) in [7, 11) is 0. The Morgan fingerprint density at radius 3 is 3.18 bits per heavy atom. The van der Waals surface area contributed by atoms with Crippen molar-refractivity contribution in [1.82, 2.24) is 4.98 Å². The predicted molar refractivity (Wildman–Crippen MR) is 66.5 cm³/mol. The SMILES string of the molecule is CCC1COCCN1c1ncccc1C(C)=O. The van der Waals surface area contributed by atoms with Gasteiger partial charge in [0.05, 0.1) is 24.8 Å². The lowest BCUT2D eigenvalue weighted by Gasteiger charge is -2.36. The van der Waals surface area contributed by atoms with Gasteiger partial charge in [-0.15, -0.1) is 0 Å². The molecule has 17 heavy (non-hydrogen) atoms. The molecule has 1 aromatic rings. The average Bonchev–Trinajstić information content (AvgIpc) is 2.38. The number of ketones is 1. The van der Waals surface area contributed by atoms with Crippen LogP contribution in [0.4, 0.5) is 5.82 Å². The van der Waals surface area contributed by atoms with Crippen LogP contribution in [0.25, 0.3) is 0 Å². The molecule has 1 aromatic heterocycles. The molecular weight excluding hydrogens is 216 g/mol. The lowest BCUT2D eigenvalue weighted by Crippen LogP contribution is -2.46. The predicted octanol–water partition coefficient (Wildman–Crippen LogP) is 1.90. The summed E-state index contributed by atoms with van der Waals surface area (Å²) in [6.07, 6.45) is 2.73. The zero-order valence-corrected chi connectivity index (χ0v) is 10.3. The van der Waals surface area contributed by atoms with Crippen molar-refractivity contribution in [1.29, 1.82) is 0 Å². The van der Waals surface area contributed by atoms with Crippen molar-refractivity contribution in [2.45, 2.75) is 26.3 Å². The van der Waals surface area contributed by atoms with E-state index in [1.54, 1.807) is 13.1 Å². The summed E-state index contributed by atoms with van der Waals surface area (Å²) in [6, 6.07) is 3.96. The van der Waals surface area contributed by atoms with Crippen LogP contribution in [-0.4, -0.2) is 36.6 Å². The molecule has 1 atom stereocenters. The Balaban J connectivity index is 2.34. The molecule has 0 bridgehead atoms. The summed E-state index contributed by atoms with van der Waals surface area (Å²) in [5.41, 5.74) is 0.702. The van der Waals surface area contributed by atoms with Crippen LogP contribution in [0.3, 0.4) is 0 Å². The van der Waals surface area contributed by atoms with Crippen LogP contribution in [0.1, 0.15) is 30.6 Å². The first-order valence-corrected chi connectivity index (χ1v) is 6.04. The molecule has 0 N–H and O–H groups in total. The van der Waals surface area contributed by atoms with Crippen molar-refractivity contribution in [2.24, 2.45) is 0 Å². The number of hydrogen-bond donors (Lipinski definition) is 0. The second kappa shape index (κ2) is 5.27. The van der Waals surface area contributed by atoms with Gasteiger partial charge in [-0.1, -0.05) is 6.92 Å². The minimum atomic E-state index is 0.0643. The molecule has 4 nitrogen and oxygen atoms in total. The molecule has 1 unspecified atom stereocenters. The van der Waals surface area contributed by atoms with Gasteiger partial charge in [0.2, 0.25) is 0 Å². The Morgan fingerprint density at radius 2 is 2.47 bits per heavy atom. The number of hydrogen-bond acceptors (Lipinski definition) is 4. The van der Waals surface area contributed by atoms with Crippen LogP contribution in [-0.2, 0) is 4.74 Å². The van der Waals surface area contributed by atoms with Crippen LogP contribution in [0.2, 0.25) is 0 Å². The van der Waals surface area contributed by atoms with E-state index in [9.17, 15) is 4.79 Å². The summed E-state index contributed by atoms with van der Waals surface area (Å²) in [5, 5.41) is 0. The third-order valence-corrected chi connectivity index (χ3v) is 3.14. The highest BCUT2D eigenvalue weighted by molar-refractivity contribution is 5.98. The number of nitrogens with zero attached hydrogens (tertiary/aromatic N) is 2. The number of anilines is 1. The Bertz CT molecular complexity index is 406. The van der Waals surface area contributed by atoms with Gasteiger partial charge < -0.3 is 9.64 Å². The van der Waals surface area contributed by atoms with Crippen LogP contribution >= 0.6 is 0 Å². The Kier molecular flexibility index (Phi) is 3.74. The minimum Gasteiger partial charge on any atom is -0.377 e. The van der Waals surface area contributed by atoms with Crippen LogP contribution in [0.15, 0.2) is 18.3 Å². The molecule has 1 saturated heterocycles. The summed E-state index contributed by atoms with van der Waals surface area (Å²) < 4.78 is 5.47. The van der Waals surface area contributed by atoms with Gasteiger partial charge in [0.15, 0.2) is 5.78 Å². The molecule has 0 amide bonds. The molecule has 0 spiro atoms. The number of morpholine rings is 1. The van der Waals surface area contributed by atoms with Gasteiger partial charge in [-0.3, -0.25) is 4.79 Å². The highest BCUT2D eigenvalue weighted by atomic mass is 16.5. The standard InChI is InChI=1S/C13H18N2O2/c1-3-11-9-17-8-7-15(11)13-12(10(2)16)5-4-6-14-13/h4-6,11H,3,7-9H2,1-2H3. The number of Topliss-reactive ketones (excluding diaryl/α,β-unsaturated/α-hetero) is 1. The lowest BCUT2D eigenvalue weighted by molar-refractivity contribution is 0.0918.